The molecule has 2 heterocycles. The molecule has 3 rings (SSSR count). The molecule has 5 nitrogen and oxygen atoms in total. The smallest absolute Gasteiger partial charge is 0.107 e. The number of hydrogen-bond donors (Lipinski definition) is 2. The summed E-state index contributed by atoms with van der Waals surface area (Å²) in [4.78, 5) is 12.5. The van der Waals surface area contributed by atoms with E-state index in [1.165, 1.54) is 11.1 Å². The largest absolute Gasteiger partial charge is 0.342 e. The normalized spacial score (nSPS) is 12.8. The van der Waals surface area contributed by atoms with Crippen LogP contribution in [0, 0.1) is 20.8 Å². The number of imidazole rings is 2. The Morgan fingerprint density at radius 1 is 1.24 bits per heavy atom. The average molecular weight is 339 g/mol. The Morgan fingerprint density at radius 3 is 2.84 bits per heavy atom. The van der Waals surface area contributed by atoms with Gasteiger partial charge in [-0.3, -0.25) is 0 Å². The van der Waals surface area contributed by atoms with Crippen LogP contribution >= 0.6 is 0 Å². The van der Waals surface area contributed by atoms with Crippen molar-refractivity contribution < 1.29 is 0 Å². The summed E-state index contributed by atoms with van der Waals surface area (Å²) < 4.78 is 2.21. The van der Waals surface area contributed by atoms with E-state index >= 15 is 0 Å². The van der Waals surface area contributed by atoms with Crippen LogP contribution in [0.1, 0.15) is 42.5 Å². The Balaban J connectivity index is 1.42. The van der Waals surface area contributed by atoms with Gasteiger partial charge in [0.05, 0.1) is 11.0 Å². The van der Waals surface area contributed by atoms with Crippen molar-refractivity contribution in [2.24, 2.45) is 0 Å². The highest BCUT2D eigenvalue weighted by molar-refractivity contribution is 5.79. The molecule has 0 aliphatic carbocycles. The zero-order valence-electron chi connectivity index (χ0n) is 15.8. The molecule has 0 unspecified atom stereocenters. The van der Waals surface area contributed by atoms with Crippen LogP contribution in [-0.2, 0) is 13.0 Å². The van der Waals surface area contributed by atoms with Gasteiger partial charge in [0.2, 0.25) is 0 Å². The summed E-state index contributed by atoms with van der Waals surface area (Å²) >= 11 is 0. The SMILES string of the molecule is Cc1ccc2[nH]c(CCCN[C@@H](C)CCn3ccnc3C)nc2c1C. The van der Waals surface area contributed by atoms with E-state index in [4.69, 9.17) is 4.98 Å². The lowest BCUT2D eigenvalue weighted by Crippen LogP contribution is -2.28. The summed E-state index contributed by atoms with van der Waals surface area (Å²) in [7, 11) is 0. The van der Waals surface area contributed by atoms with E-state index in [9.17, 15) is 0 Å². The van der Waals surface area contributed by atoms with Crippen molar-refractivity contribution in [3.05, 3.63) is 47.3 Å². The number of nitrogens with one attached hydrogen (secondary N) is 2. The third-order valence-corrected chi connectivity index (χ3v) is 5.04. The highest BCUT2D eigenvalue weighted by atomic mass is 15.1. The van der Waals surface area contributed by atoms with Gasteiger partial charge in [-0.25, -0.2) is 9.97 Å². The van der Waals surface area contributed by atoms with E-state index in [0.29, 0.717) is 6.04 Å². The summed E-state index contributed by atoms with van der Waals surface area (Å²) in [6.07, 6.45) is 7.09. The first-order chi connectivity index (χ1) is 12.0. The number of nitrogens with zero attached hydrogens (tertiary/aromatic N) is 3. The van der Waals surface area contributed by atoms with Gasteiger partial charge in [-0.2, -0.15) is 0 Å². The standard InChI is InChI=1S/C20H29N5/c1-14-7-8-18-20(16(14)3)24-19(23-18)6-5-10-21-15(2)9-12-25-13-11-22-17(25)4/h7-8,11,13,15,21H,5-6,9-10,12H2,1-4H3,(H,23,24)/t15-/m0/s1. The predicted octanol–water partition coefficient (Wildman–Crippen LogP) is 3.69. The predicted molar refractivity (Wildman–Crippen MR) is 103 cm³/mol. The Labute approximate surface area is 149 Å². The van der Waals surface area contributed by atoms with Crippen LogP contribution < -0.4 is 5.32 Å². The van der Waals surface area contributed by atoms with Crippen LogP contribution in [0.5, 0.6) is 0 Å². The molecule has 2 aromatic heterocycles. The maximum atomic E-state index is 4.78. The molecule has 3 aromatic rings. The molecule has 0 amide bonds. The summed E-state index contributed by atoms with van der Waals surface area (Å²) in [6, 6.07) is 4.79. The number of aromatic nitrogens is 4. The molecule has 0 saturated carbocycles. The van der Waals surface area contributed by atoms with Crippen molar-refractivity contribution in [3.8, 4) is 0 Å². The molecule has 2 N–H and O–H groups in total. The van der Waals surface area contributed by atoms with E-state index in [2.05, 4.69) is 59.7 Å². The second-order valence-corrected chi connectivity index (χ2v) is 7.00. The first kappa shape index (κ1) is 17.7. The van der Waals surface area contributed by atoms with E-state index in [-0.39, 0.29) is 0 Å². The second kappa shape index (κ2) is 7.83. The minimum absolute atomic E-state index is 0.502. The van der Waals surface area contributed by atoms with Crippen molar-refractivity contribution in [2.75, 3.05) is 6.54 Å². The topological polar surface area (TPSA) is 58.5 Å². The van der Waals surface area contributed by atoms with Gasteiger partial charge < -0.3 is 14.9 Å². The summed E-state index contributed by atoms with van der Waals surface area (Å²) in [5, 5.41) is 3.61. The van der Waals surface area contributed by atoms with Gasteiger partial charge in [0.25, 0.3) is 0 Å². The fraction of sp³-hybridized carbons (Fsp3) is 0.500. The van der Waals surface area contributed by atoms with Crippen molar-refractivity contribution in [1.29, 1.82) is 0 Å². The number of H-pyrrole nitrogens is 1. The van der Waals surface area contributed by atoms with E-state index in [1.54, 1.807) is 0 Å². The molecule has 0 aliphatic heterocycles. The van der Waals surface area contributed by atoms with Gasteiger partial charge in [0, 0.05) is 31.4 Å². The number of rotatable bonds is 8. The van der Waals surface area contributed by atoms with E-state index in [0.717, 1.165) is 55.0 Å². The molecule has 0 bridgehead atoms. The average Bonchev–Trinajstić information content (AvgIpc) is 3.19. The Morgan fingerprint density at radius 2 is 2.08 bits per heavy atom. The first-order valence-electron chi connectivity index (χ1n) is 9.20. The van der Waals surface area contributed by atoms with Gasteiger partial charge >= 0.3 is 0 Å². The monoisotopic (exact) mass is 339 g/mol. The summed E-state index contributed by atoms with van der Waals surface area (Å²) in [6.45, 7) is 10.6. The Kier molecular flexibility index (Phi) is 5.53. The lowest BCUT2D eigenvalue weighted by Gasteiger charge is -2.14. The molecule has 1 aromatic carbocycles. The number of hydrogen-bond acceptors (Lipinski definition) is 3. The van der Waals surface area contributed by atoms with Gasteiger partial charge in [0.15, 0.2) is 0 Å². The van der Waals surface area contributed by atoms with Crippen LogP contribution in [0.4, 0.5) is 0 Å². The Hall–Kier alpha value is -2.14. The maximum Gasteiger partial charge on any atom is 0.107 e. The van der Waals surface area contributed by atoms with Crippen LogP contribution in [0.2, 0.25) is 0 Å². The first-order valence-corrected chi connectivity index (χ1v) is 9.20. The summed E-state index contributed by atoms with van der Waals surface area (Å²) in [5.41, 5.74) is 4.85. The summed E-state index contributed by atoms with van der Waals surface area (Å²) in [5.74, 6) is 2.18. The molecule has 5 heteroatoms. The molecule has 1 atom stereocenters. The molecule has 134 valence electrons. The van der Waals surface area contributed by atoms with Gasteiger partial charge in [0.1, 0.15) is 11.6 Å². The minimum atomic E-state index is 0.502. The maximum absolute atomic E-state index is 4.78. The van der Waals surface area contributed by atoms with E-state index < -0.39 is 0 Å². The quantitative estimate of drug-likeness (QED) is 0.615. The van der Waals surface area contributed by atoms with Crippen molar-refractivity contribution >= 4 is 11.0 Å². The van der Waals surface area contributed by atoms with Crippen molar-refractivity contribution in [1.82, 2.24) is 24.8 Å². The zero-order valence-corrected chi connectivity index (χ0v) is 15.8. The Bertz CT molecular complexity index is 830. The molecule has 0 aliphatic rings. The lowest BCUT2D eigenvalue weighted by atomic mass is 10.1. The molecular weight excluding hydrogens is 310 g/mol. The van der Waals surface area contributed by atoms with Crippen molar-refractivity contribution in [3.63, 3.8) is 0 Å². The van der Waals surface area contributed by atoms with Crippen LogP contribution in [0.15, 0.2) is 24.5 Å². The van der Waals surface area contributed by atoms with Gasteiger partial charge in [-0.15, -0.1) is 0 Å². The highest BCUT2D eigenvalue weighted by Gasteiger charge is 2.07. The number of fused-ring (bicyclic) bond motifs is 1. The molecule has 0 fully saturated rings. The molecule has 0 radical (unpaired) electrons. The van der Waals surface area contributed by atoms with Crippen molar-refractivity contribution in [2.45, 2.75) is 59.5 Å². The lowest BCUT2D eigenvalue weighted by molar-refractivity contribution is 0.467. The molecule has 0 saturated heterocycles. The third-order valence-electron chi connectivity index (χ3n) is 5.04. The van der Waals surface area contributed by atoms with Crippen LogP contribution in [-0.4, -0.2) is 32.1 Å². The molecule has 0 spiro atoms. The highest BCUT2D eigenvalue weighted by Crippen LogP contribution is 2.19. The van der Waals surface area contributed by atoms with Crippen LogP contribution in [0.25, 0.3) is 11.0 Å². The fourth-order valence-corrected chi connectivity index (χ4v) is 3.16. The molecule has 25 heavy (non-hydrogen) atoms. The second-order valence-electron chi connectivity index (χ2n) is 7.00. The fourth-order valence-electron chi connectivity index (χ4n) is 3.16. The number of benzene rings is 1. The van der Waals surface area contributed by atoms with Gasteiger partial charge in [-0.1, -0.05) is 6.07 Å². The van der Waals surface area contributed by atoms with Crippen LogP contribution in [0.3, 0.4) is 0 Å². The molecular formula is C20H29N5. The van der Waals surface area contributed by atoms with E-state index in [1.807, 2.05) is 12.4 Å². The number of aromatic amines is 1. The number of aryl methyl sites for hydroxylation is 5. The van der Waals surface area contributed by atoms with Gasteiger partial charge in [-0.05, 0) is 64.3 Å². The zero-order chi connectivity index (χ0) is 17.8. The minimum Gasteiger partial charge on any atom is -0.342 e. The third kappa shape index (κ3) is 4.28.